The maximum Gasteiger partial charge on any atom is 0.234 e. The van der Waals surface area contributed by atoms with Crippen molar-refractivity contribution in [3.05, 3.63) is 0 Å². The third-order valence-electron chi connectivity index (χ3n) is 1.98. The number of aliphatic hydroxyl groups excluding tert-OH is 1. The van der Waals surface area contributed by atoms with Gasteiger partial charge in [0.1, 0.15) is 0 Å². The Bertz CT molecular complexity index is 181. The van der Waals surface area contributed by atoms with Crippen molar-refractivity contribution in [2.45, 2.75) is 46.2 Å². The zero-order chi connectivity index (χ0) is 11.8. The van der Waals surface area contributed by atoms with Crippen LogP contribution in [-0.4, -0.2) is 36.2 Å². The maximum absolute atomic E-state index is 11.3. The van der Waals surface area contributed by atoms with Gasteiger partial charge in [-0.25, -0.2) is 0 Å². The zero-order valence-electron chi connectivity index (χ0n) is 10.2. The number of amides is 1. The van der Waals surface area contributed by atoms with Gasteiger partial charge in [-0.2, -0.15) is 0 Å². The largest absolute Gasteiger partial charge is 0.395 e. The van der Waals surface area contributed by atoms with Gasteiger partial charge in [0.15, 0.2) is 0 Å². The SMILES string of the molecule is CC(C)CC(CO)NCC(=O)NC(C)C. The van der Waals surface area contributed by atoms with Crippen LogP contribution in [0.5, 0.6) is 0 Å². The molecule has 0 saturated heterocycles. The van der Waals surface area contributed by atoms with E-state index in [4.69, 9.17) is 5.11 Å². The van der Waals surface area contributed by atoms with Crippen molar-refractivity contribution in [2.75, 3.05) is 13.2 Å². The van der Waals surface area contributed by atoms with Crippen molar-refractivity contribution in [2.24, 2.45) is 5.92 Å². The minimum atomic E-state index is -0.0211. The van der Waals surface area contributed by atoms with Gasteiger partial charge >= 0.3 is 0 Å². The molecule has 0 saturated carbocycles. The van der Waals surface area contributed by atoms with Crippen LogP contribution < -0.4 is 10.6 Å². The van der Waals surface area contributed by atoms with Crippen LogP contribution in [0.1, 0.15) is 34.1 Å². The van der Waals surface area contributed by atoms with E-state index in [0.717, 1.165) is 6.42 Å². The van der Waals surface area contributed by atoms with Crippen molar-refractivity contribution in [3.63, 3.8) is 0 Å². The van der Waals surface area contributed by atoms with E-state index < -0.39 is 0 Å². The van der Waals surface area contributed by atoms with E-state index in [1.54, 1.807) is 0 Å². The Morgan fingerprint density at radius 3 is 2.27 bits per heavy atom. The normalized spacial score (nSPS) is 13.3. The number of nitrogens with one attached hydrogen (secondary N) is 2. The fourth-order valence-electron chi connectivity index (χ4n) is 1.40. The Morgan fingerprint density at radius 1 is 1.27 bits per heavy atom. The average Bonchev–Trinajstić information content (AvgIpc) is 2.10. The molecule has 0 spiro atoms. The number of aliphatic hydroxyl groups is 1. The van der Waals surface area contributed by atoms with Crippen LogP contribution >= 0.6 is 0 Å². The number of rotatable bonds is 7. The molecule has 0 bridgehead atoms. The van der Waals surface area contributed by atoms with Gasteiger partial charge in [0.2, 0.25) is 5.91 Å². The molecule has 90 valence electrons. The predicted octanol–water partition coefficient (Wildman–Crippen LogP) is 0.508. The molecule has 0 rings (SSSR count). The molecule has 0 aliphatic carbocycles. The molecular formula is C11H24N2O2. The first kappa shape index (κ1) is 14.4. The fraction of sp³-hybridized carbons (Fsp3) is 0.909. The van der Waals surface area contributed by atoms with Crippen LogP contribution in [0.15, 0.2) is 0 Å². The molecule has 0 aromatic rings. The summed E-state index contributed by atoms with van der Waals surface area (Å²) in [6, 6.07) is 0.180. The van der Waals surface area contributed by atoms with E-state index in [0.29, 0.717) is 5.92 Å². The zero-order valence-corrected chi connectivity index (χ0v) is 10.2. The highest BCUT2D eigenvalue weighted by molar-refractivity contribution is 5.78. The van der Waals surface area contributed by atoms with E-state index in [1.807, 2.05) is 13.8 Å². The summed E-state index contributed by atoms with van der Waals surface area (Å²) in [7, 11) is 0. The third-order valence-corrected chi connectivity index (χ3v) is 1.98. The topological polar surface area (TPSA) is 61.4 Å². The molecule has 0 heterocycles. The van der Waals surface area contributed by atoms with Gasteiger partial charge in [0.25, 0.3) is 0 Å². The fourth-order valence-corrected chi connectivity index (χ4v) is 1.40. The molecule has 0 aliphatic rings. The minimum Gasteiger partial charge on any atom is -0.395 e. The van der Waals surface area contributed by atoms with Gasteiger partial charge in [0.05, 0.1) is 13.2 Å². The second kappa shape index (κ2) is 7.65. The number of hydrogen-bond acceptors (Lipinski definition) is 3. The van der Waals surface area contributed by atoms with Crippen molar-refractivity contribution in [3.8, 4) is 0 Å². The summed E-state index contributed by atoms with van der Waals surface area (Å²) in [5.41, 5.74) is 0. The van der Waals surface area contributed by atoms with Crippen molar-refractivity contribution < 1.29 is 9.90 Å². The molecule has 0 aromatic carbocycles. The summed E-state index contributed by atoms with van der Waals surface area (Å²) in [5.74, 6) is 0.495. The smallest absolute Gasteiger partial charge is 0.234 e. The number of carbonyl (C=O) groups excluding carboxylic acids is 1. The van der Waals surface area contributed by atoms with Crippen molar-refractivity contribution in [1.29, 1.82) is 0 Å². The highest BCUT2D eigenvalue weighted by Gasteiger charge is 2.11. The van der Waals surface area contributed by atoms with Crippen LogP contribution in [0.3, 0.4) is 0 Å². The van der Waals surface area contributed by atoms with Gasteiger partial charge in [0, 0.05) is 12.1 Å². The van der Waals surface area contributed by atoms with Crippen molar-refractivity contribution >= 4 is 5.91 Å². The predicted molar refractivity (Wildman–Crippen MR) is 61.6 cm³/mol. The molecule has 15 heavy (non-hydrogen) atoms. The van der Waals surface area contributed by atoms with Gasteiger partial charge in [-0.05, 0) is 26.2 Å². The first-order valence-corrected chi connectivity index (χ1v) is 5.59. The first-order valence-electron chi connectivity index (χ1n) is 5.59. The summed E-state index contributed by atoms with van der Waals surface area (Å²) in [4.78, 5) is 11.3. The second-order valence-corrected chi connectivity index (χ2v) is 4.61. The average molecular weight is 216 g/mol. The Hall–Kier alpha value is -0.610. The summed E-state index contributed by atoms with van der Waals surface area (Å²) in [6.07, 6.45) is 0.880. The van der Waals surface area contributed by atoms with E-state index in [-0.39, 0.29) is 31.1 Å². The molecule has 1 atom stereocenters. The summed E-state index contributed by atoms with van der Waals surface area (Å²) in [5, 5.41) is 14.9. The van der Waals surface area contributed by atoms with E-state index in [2.05, 4.69) is 24.5 Å². The van der Waals surface area contributed by atoms with E-state index in [1.165, 1.54) is 0 Å². The standard InChI is InChI=1S/C11H24N2O2/c1-8(2)5-10(7-14)12-6-11(15)13-9(3)4/h8-10,12,14H,5-7H2,1-4H3,(H,13,15). The molecule has 0 aliphatic heterocycles. The summed E-state index contributed by atoms with van der Waals surface area (Å²) < 4.78 is 0. The number of carbonyl (C=O) groups is 1. The minimum absolute atomic E-state index is 0.0166. The second-order valence-electron chi connectivity index (χ2n) is 4.61. The van der Waals surface area contributed by atoms with Crippen LogP contribution in [0.4, 0.5) is 0 Å². The maximum atomic E-state index is 11.3. The highest BCUT2D eigenvalue weighted by atomic mass is 16.3. The van der Waals surface area contributed by atoms with Crippen LogP contribution in [-0.2, 0) is 4.79 Å². The molecule has 3 N–H and O–H groups in total. The molecule has 0 radical (unpaired) electrons. The number of hydrogen-bond donors (Lipinski definition) is 3. The molecule has 0 fully saturated rings. The summed E-state index contributed by atoms with van der Waals surface area (Å²) in [6.45, 7) is 8.39. The molecular weight excluding hydrogens is 192 g/mol. The Morgan fingerprint density at radius 2 is 1.87 bits per heavy atom. The monoisotopic (exact) mass is 216 g/mol. The van der Waals surface area contributed by atoms with Crippen molar-refractivity contribution in [1.82, 2.24) is 10.6 Å². The van der Waals surface area contributed by atoms with E-state index >= 15 is 0 Å². The van der Waals surface area contributed by atoms with Crippen LogP contribution in [0.2, 0.25) is 0 Å². The molecule has 4 nitrogen and oxygen atoms in total. The Labute approximate surface area is 92.4 Å². The first-order chi connectivity index (χ1) is 6.95. The third kappa shape index (κ3) is 8.39. The van der Waals surface area contributed by atoms with Gasteiger partial charge in [-0.3, -0.25) is 4.79 Å². The molecule has 1 amide bonds. The van der Waals surface area contributed by atoms with Gasteiger partial charge in [-0.15, -0.1) is 0 Å². The van der Waals surface area contributed by atoms with Crippen LogP contribution in [0, 0.1) is 5.92 Å². The summed E-state index contributed by atoms with van der Waals surface area (Å²) >= 11 is 0. The lowest BCUT2D eigenvalue weighted by atomic mass is 10.0. The molecule has 1 unspecified atom stereocenters. The Kier molecular flexibility index (Phi) is 7.34. The molecule has 0 aromatic heterocycles. The molecule has 4 heteroatoms. The van der Waals surface area contributed by atoms with Gasteiger partial charge in [-0.1, -0.05) is 13.8 Å². The van der Waals surface area contributed by atoms with Crippen LogP contribution in [0.25, 0.3) is 0 Å². The Balaban J connectivity index is 3.75. The lowest BCUT2D eigenvalue weighted by Gasteiger charge is -2.18. The van der Waals surface area contributed by atoms with E-state index in [9.17, 15) is 4.79 Å². The lowest BCUT2D eigenvalue weighted by Crippen LogP contribution is -2.43. The van der Waals surface area contributed by atoms with Gasteiger partial charge < -0.3 is 15.7 Å². The highest BCUT2D eigenvalue weighted by Crippen LogP contribution is 2.03. The lowest BCUT2D eigenvalue weighted by molar-refractivity contribution is -0.120. The quantitative estimate of drug-likeness (QED) is 0.581.